The number of pyridine rings is 1. The molecule has 0 amide bonds. The maximum Gasteiger partial charge on any atom is 0.417 e. The highest BCUT2D eigenvalue weighted by Crippen LogP contribution is 2.32. The summed E-state index contributed by atoms with van der Waals surface area (Å²) in [7, 11) is 0. The normalized spacial score (nSPS) is 11.3. The second-order valence-electron chi connectivity index (χ2n) is 4.12. The van der Waals surface area contributed by atoms with Gasteiger partial charge in [-0.15, -0.1) is 10.2 Å². The molecule has 0 aliphatic carbocycles. The molecule has 2 aromatic rings. The number of alkyl halides is 3. The van der Waals surface area contributed by atoms with E-state index in [4.69, 9.17) is 11.6 Å². The van der Waals surface area contributed by atoms with Gasteiger partial charge in [0.25, 0.3) is 5.56 Å². The molecule has 7 nitrogen and oxygen atoms in total. The molecular weight excluding hydrogens is 341 g/mol. The molecule has 2 heterocycles. The van der Waals surface area contributed by atoms with Gasteiger partial charge in [-0.2, -0.15) is 13.2 Å². The summed E-state index contributed by atoms with van der Waals surface area (Å²) >= 11 is 5.73. The molecule has 0 radical (unpaired) electrons. The Morgan fingerprint density at radius 2 is 2.09 bits per heavy atom. The third-order valence-corrected chi connectivity index (χ3v) is 2.85. The Balaban J connectivity index is 2.42. The molecule has 0 atom stereocenters. The summed E-state index contributed by atoms with van der Waals surface area (Å²) in [6.07, 6.45) is -4.07. The first-order valence-corrected chi connectivity index (χ1v) is 6.49. The molecule has 2 rings (SSSR count). The van der Waals surface area contributed by atoms with Gasteiger partial charge in [0.05, 0.1) is 17.2 Å². The summed E-state index contributed by atoms with van der Waals surface area (Å²) in [6.45, 7) is 1.58. The highest BCUT2D eigenvalue weighted by molar-refractivity contribution is 6.32. The zero-order valence-corrected chi connectivity index (χ0v) is 12.2. The van der Waals surface area contributed by atoms with Crippen molar-refractivity contribution in [3.8, 4) is 11.5 Å². The van der Waals surface area contributed by atoms with Gasteiger partial charge in [-0.3, -0.25) is 9.78 Å². The van der Waals surface area contributed by atoms with Gasteiger partial charge < -0.3 is 9.72 Å². The fourth-order valence-corrected chi connectivity index (χ4v) is 1.80. The second-order valence-corrected chi connectivity index (χ2v) is 4.53. The number of nitrogens with one attached hydrogen (secondary N) is 1. The van der Waals surface area contributed by atoms with Crippen LogP contribution in [0.2, 0.25) is 5.02 Å². The Hall–Kier alpha value is -2.49. The van der Waals surface area contributed by atoms with Crippen LogP contribution in [0.15, 0.2) is 17.1 Å². The highest BCUT2D eigenvalue weighted by Gasteiger charge is 2.32. The van der Waals surface area contributed by atoms with E-state index in [2.05, 4.69) is 24.9 Å². The van der Waals surface area contributed by atoms with E-state index in [0.29, 0.717) is 12.3 Å². The van der Waals surface area contributed by atoms with E-state index in [0.717, 1.165) is 0 Å². The van der Waals surface area contributed by atoms with Crippen molar-refractivity contribution in [3.63, 3.8) is 0 Å². The molecule has 1 N–H and O–H groups in total. The summed E-state index contributed by atoms with van der Waals surface area (Å²) in [5, 5.41) is 6.55. The van der Waals surface area contributed by atoms with E-state index in [1.807, 2.05) is 0 Å². The first-order valence-electron chi connectivity index (χ1n) is 6.11. The van der Waals surface area contributed by atoms with Crippen molar-refractivity contribution >= 4 is 17.6 Å². The number of ether oxygens (including phenoxy) is 1. The van der Waals surface area contributed by atoms with E-state index < -0.39 is 29.0 Å². The van der Waals surface area contributed by atoms with Crippen LogP contribution in [0.1, 0.15) is 23.0 Å². The SMILES string of the molecule is CCOC(=O)c1nnc(-c2ncc(C(F)(F)F)cc2Cl)[nH]c1=O. The van der Waals surface area contributed by atoms with Gasteiger partial charge in [-0.25, -0.2) is 4.79 Å². The maximum absolute atomic E-state index is 12.5. The predicted octanol–water partition coefficient (Wildman–Crippen LogP) is 2.08. The lowest BCUT2D eigenvalue weighted by molar-refractivity contribution is -0.137. The van der Waals surface area contributed by atoms with Crippen molar-refractivity contribution in [3.05, 3.63) is 38.9 Å². The molecule has 0 saturated carbocycles. The lowest BCUT2D eigenvalue weighted by atomic mass is 10.2. The number of carbonyl (C=O) groups is 1. The van der Waals surface area contributed by atoms with Gasteiger partial charge in [0.2, 0.25) is 5.69 Å². The Morgan fingerprint density at radius 1 is 1.39 bits per heavy atom. The number of nitrogens with zero attached hydrogens (tertiary/aromatic N) is 3. The lowest BCUT2D eigenvalue weighted by Gasteiger charge is -2.08. The molecule has 0 fully saturated rings. The molecule has 11 heteroatoms. The number of rotatable bonds is 3. The zero-order chi connectivity index (χ0) is 17.2. The van der Waals surface area contributed by atoms with Crippen LogP contribution < -0.4 is 5.56 Å². The molecule has 0 spiro atoms. The monoisotopic (exact) mass is 348 g/mol. The average molecular weight is 349 g/mol. The standard InChI is InChI=1S/C12H8ClF3N4O3/c1-2-23-11(22)8-10(21)18-9(20-19-8)7-6(13)3-5(4-17-7)12(14,15)16/h3-4H,2H2,1H3,(H,18,20,21). The van der Waals surface area contributed by atoms with Crippen LogP contribution in [-0.2, 0) is 10.9 Å². The summed E-state index contributed by atoms with van der Waals surface area (Å²) < 4.78 is 42.2. The predicted molar refractivity (Wildman–Crippen MR) is 71.9 cm³/mol. The van der Waals surface area contributed by atoms with E-state index in [-0.39, 0.29) is 23.1 Å². The molecule has 2 aromatic heterocycles. The zero-order valence-electron chi connectivity index (χ0n) is 11.4. The van der Waals surface area contributed by atoms with E-state index in [1.54, 1.807) is 6.92 Å². The van der Waals surface area contributed by atoms with Crippen molar-refractivity contribution in [2.24, 2.45) is 0 Å². The Kier molecular flexibility index (Phi) is 4.64. The van der Waals surface area contributed by atoms with Gasteiger partial charge >= 0.3 is 12.1 Å². The summed E-state index contributed by atoms with van der Waals surface area (Å²) in [4.78, 5) is 28.9. The van der Waals surface area contributed by atoms with Crippen LogP contribution >= 0.6 is 11.6 Å². The quantitative estimate of drug-likeness (QED) is 0.853. The minimum Gasteiger partial charge on any atom is -0.461 e. The second kappa shape index (κ2) is 6.32. The number of esters is 1. The van der Waals surface area contributed by atoms with Crippen molar-refractivity contribution in [2.75, 3.05) is 6.61 Å². The largest absolute Gasteiger partial charge is 0.461 e. The van der Waals surface area contributed by atoms with Crippen molar-refractivity contribution in [1.29, 1.82) is 0 Å². The number of aromatic nitrogens is 4. The molecule has 0 aliphatic rings. The lowest BCUT2D eigenvalue weighted by Crippen LogP contribution is -2.24. The molecule has 0 aliphatic heterocycles. The van der Waals surface area contributed by atoms with E-state index in [1.165, 1.54) is 0 Å². The van der Waals surface area contributed by atoms with Crippen LogP contribution in [0.3, 0.4) is 0 Å². The summed E-state index contributed by atoms with van der Waals surface area (Å²) in [5.41, 5.74) is -2.77. The van der Waals surface area contributed by atoms with Crippen LogP contribution in [0.4, 0.5) is 13.2 Å². The summed E-state index contributed by atoms with van der Waals surface area (Å²) in [5.74, 6) is -1.25. The van der Waals surface area contributed by atoms with Gasteiger partial charge in [-0.05, 0) is 13.0 Å². The minimum absolute atomic E-state index is 0.0357. The number of halogens is 4. The van der Waals surface area contributed by atoms with Crippen LogP contribution in [0.5, 0.6) is 0 Å². The number of hydrogen-bond acceptors (Lipinski definition) is 6. The van der Waals surface area contributed by atoms with E-state index in [9.17, 15) is 22.8 Å². The van der Waals surface area contributed by atoms with Crippen molar-refractivity contribution < 1.29 is 22.7 Å². The minimum atomic E-state index is -4.61. The molecule has 122 valence electrons. The average Bonchev–Trinajstić information content (AvgIpc) is 2.46. The molecular formula is C12H8ClF3N4O3. The third-order valence-electron chi connectivity index (χ3n) is 2.56. The Bertz CT molecular complexity index is 807. The third kappa shape index (κ3) is 3.65. The van der Waals surface area contributed by atoms with Crippen LogP contribution in [0.25, 0.3) is 11.5 Å². The maximum atomic E-state index is 12.5. The number of aromatic amines is 1. The van der Waals surface area contributed by atoms with E-state index >= 15 is 0 Å². The van der Waals surface area contributed by atoms with Crippen molar-refractivity contribution in [1.82, 2.24) is 20.2 Å². The molecule has 0 saturated heterocycles. The fourth-order valence-electron chi connectivity index (χ4n) is 1.54. The van der Waals surface area contributed by atoms with Crippen molar-refractivity contribution in [2.45, 2.75) is 13.1 Å². The van der Waals surface area contributed by atoms with Gasteiger partial charge in [0.1, 0.15) is 5.69 Å². The summed E-state index contributed by atoms with van der Waals surface area (Å²) in [6, 6.07) is 0.642. The van der Waals surface area contributed by atoms with Gasteiger partial charge in [0.15, 0.2) is 5.82 Å². The first-order chi connectivity index (χ1) is 10.7. The number of carbonyl (C=O) groups excluding carboxylic acids is 1. The number of H-pyrrole nitrogens is 1. The van der Waals surface area contributed by atoms with Crippen LogP contribution in [0, 0.1) is 0 Å². The highest BCUT2D eigenvalue weighted by atomic mass is 35.5. The molecule has 0 unspecified atom stereocenters. The fraction of sp³-hybridized carbons (Fsp3) is 0.250. The molecule has 0 aromatic carbocycles. The first kappa shape index (κ1) is 16.9. The number of hydrogen-bond donors (Lipinski definition) is 1. The Morgan fingerprint density at radius 3 is 2.61 bits per heavy atom. The van der Waals surface area contributed by atoms with Crippen LogP contribution in [-0.4, -0.2) is 32.7 Å². The molecule has 0 bridgehead atoms. The topological polar surface area (TPSA) is 97.8 Å². The van der Waals surface area contributed by atoms with Gasteiger partial charge in [-0.1, -0.05) is 11.6 Å². The van der Waals surface area contributed by atoms with Gasteiger partial charge in [0, 0.05) is 6.20 Å². The smallest absolute Gasteiger partial charge is 0.417 e. The Labute approximate surface area is 131 Å². The molecule has 23 heavy (non-hydrogen) atoms.